The van der Waals surface area contributed by atoms with Crippen molar-refractivity contribution in [1.29, 1.82) is 0 Å². The van der Waals surface area contributed by atoms with Crippen LogP contribution in [-0.4, -0.2) is 32.5 Å². The molecule has 0 spiro atoms. The lowest BCUT2D eigenvalue weighted by atomic mass is 9.88. The molecule has 9 heteroatoms. The van der Waals surface area contributed by atoms with E-state index in [1.807, 2.05) is 30.7 Å². The number of para-hydroxylation sites is 1. The summed E-state index contributed by atoms with van der Waals surface area (Å²) < 4.78 is 66.5. The van der Waals surface area contributed by atoms with Gasteiger partial charge in [0.2, 0.25) is 0 Å². The van der Waals surface area contributed by atoms with Crippen LogP contribution < -0.4 is 0 Å². The number of hydrogen-bond acceptors (Lipinski definition) is 4. The van der Waals surface area contributed by atoms with Gasteiger partial charge in [0.15, 0.2) is 0 Å². The second kappa shape index (κ2) is 9.03. The number of aromatic nitrogens is 1. The van der Waals surface area contributed by atoms with E-state index in [1.165, 1.54) is 12.1 Å². The van der Waals surface area contributed by atoms with Crippen molar-refractivity contribution in [2.75, 3.05) is 19.1 Å². The Morgan fingerprint density at radius 3 is 2.43 bits per heavy atom. The number of halogens is 3. The molecule has 0 radical (unpaired) electrons. The molecule has 0 saturated heterocycles. The summed E-state index contributed by atoms with van der Waals surface area (Å²) >= 11 is 1.69. The molecule has 162 valence electrons. The molecule has 1 heterocycles. The Balaban J connectivity index is 2.01. The van der Waals surface area contributed by atoms with Gasteiger partial charge in [0.1, 0.15) is 0 Å². The van der Waals surface area contributed by atoms with Gasteiger partial charge in [-0.2, -0.15) is 33.4 Å². The fourth-order valence-electron chi connectivity index (χ4n) is 3.53. The minimum Gasteiger partial charge on any atom is -0.361 e. The minimum absolute atomic E-state index is 0.0678. The van der Waals surface area contributed by atoms with Crippen molar-refractivity contribution < 1.29 is 25.8 Å². The predicted octanol–water partition coefficient (Wildman–Crippen LogP) is 5.55. The summed E-state index contributed by atoms with van der Waals surface area (Å²) in [6, 6.07) is 10.9. The second-order valence-electron chi connectivity index (χ2n) is 7.00. The van der Waals surface area contributed by atoms with Crippen molar-refractivity contribution in [1.82, 2.24) is 4.98 Å². The zero-order valence-electron chi connectivity index (χ0n) is 16.5. The van der Waals surface area contributed by atoms with E-state index in [9.17, 15) is 21.6 Å². The van der Waals surface area contributed by atoms with E-state index in [0.717, 1.165) is 46.2 Å². The third-order valence-electron chi connectivity index (χ3n) is 4.85. The van der Waals surface area contributed by atoms with Gasteiger partial charge in [0.05, 0.1) is 18.4 Å². The molecule has 0 bridgehead atoms. The van der Waals surface area contributed by atoms with E-state index in [-0.39, 0.29) is 12.5 Å². The SMILES string of the molecule is CSCc1cccc2c(C(CCOS(C)(=O)=O)c3ccc(C(F)(F)F)cc3)c[nH]c12. The number of alkyl halides is 3. The molecule has 0 aliphatic heterocycles. The third-order valence-corrected chi connectivity index (χ3v) is 6.05. The molecule has 0 aliphatic carbocycles. The van der Waals surface area contributed by atoms with Crippen molar-refractivity contribution in [2.24, 2.45) is 0 Å². The van der Waals surface area contributed by atoms with E-state index >= 15 is 0 Å². The van der Waals surface area contributed by atoms with Gasteiger partial charge < -0.3 is 4.98 Å². The quantitative estimate of drug-likeness (QED) is 0.451. The van der Waals surface area contributed by atoms with Gasteiger partial charge in [-0.1, -0.05) is 30.3 Å². The molecule has 3 rings (SSSR count). The maximum Gasteiger partial charge on any atom is 0.416 e. The van der Waals surface area contributed by atoms with Gasteiger partial charge in [-0.15, -0.1) is 0 Å². The van der Waals surface area contributed by atoms with Crippen LogP contribution in [0.3, 0.4) is 0 Å². The summed E-state index contributed by atoms with van der Waals surface area (Å²) in [5.74, 6) is 0.492. The molecule has 0 saturated carbocycles. The standard InChI is InChI=1S/C21H22F3NO3S2/c1-29-13-15-4-3-5-18-19(12-25-20(15)18)17(10-11-28-30(2,26)27)14-6-8-16(9-7-14)21(22,23)24/h3-9,12,17,25H,10-11,13H2,1-2H3. The normalized spacial score (nSPS) is 13.6. The van der Waals surface area contributed by atoms with Gasteiger partial charge in [0, 0.05) is 28.8 Å². The van der Waals surface area contributed by atoms with Crippen LogP contribution in [0.25, 0.3) is 10.9 Å². The lowest BCUT2D eigenvalue weighted by molar-refractivity contribution is -0.137. The smallest absolute Gasteiger partial charge is 0.361 e. The van der Waals surface area contributed by atoms with E-state index < -0.39 is 21.9 Å². The maximum atomic E-state index is 13.0. The van der Waals surface area contributed by atoms with E-state index in [0.29, 0.717) is 12.0 Å². The molecular formula is C21H22F3NO3S2. The van der Waals surface area contributed by atoms with Gasteiger partial charge in [-0.05, 0) is 41.5 Å². The number of hydrogen-bond donors (Lipinski definition) is 1. The molecule has 0 aliphatic rings. The van der Waals surface area contributed by atoms with Crippen molar-refractivity contribution in [3.8, 4) is 0 Å². The largest absolute Gasteiger partial charge is 0.416 e. The number of rotatable bonds is 8. The highest BCUT2D eigenvalue weighted by molar-refractivity contribution is 7.97. The first-order valence-corrected chi connectivity index (χ1v) is 12.4. The first-order chi connectivity index (χ1) is 14.1. The highest BCUT2D eigenvalue weighted by Crippen LogP contribution is 2.37. The average Bonchev–Trinajstić information content (AvgIpc) is 3.09. The van der Waals surface area contributed by atoms with Crippen LogP contribution in [0.1, 0.15) is 34.6 Å². The zero-order chi connectivity index (χ0) is 21.9. The maximum absolute atomic E-state index is 13.0. The van der Waals surface area contributed by atoms with Crippen molar-refractivity contribution in [3.63, 3.8) is 0 Å². The molecule has 1 N–H and O–H groups in total. The number of nitrogens with one attached hydrogen (secondary N) is 1. The summed E-state index contributed by atoms with van der Waals surface area (Å²) in [6.45, 7) is -0.0678. The first kappa shape index (κ1) is 22.7. The van der Waals surface area contributed by atoms with E-state index in [1.54, 1.807) is 11.8 Å². The van der Waals surface area contributed by atoms with Gasteiger partial charge >= 0.3 is 6.18 Å². The highest BCUT2D eigenvalue weighted by atomic mass is 32.2. The zero-order valence-corrected chi connectivity index (χ0v) is 18.1. The summed E-state index contributed by atoms with van der Waals surface area (Å²) in [5.41, 5.74) is 2.94. The number of fused-ring (bicyclic) bond motifs is 1. The Hall–Kier alpha value is -1.97. The van der Waals surface area contributed by atoms with Crippen molar-refractivity contribution >= 4 is 32.8 Å². The number of aromatic amines is 1. The Kier molecular flexibility index (Phi) is 6.84. The Bertz CT molecular complexity index is 1110. The van der Waals surface area contributed by atoms with Crippen LogP contribution >= 0.6 is 11.8 Å². The minimum atomic E-state index is -4.42. The summed E-state index contributed by atoms with van der Waals surface area (Å²) in [4.78, 5) is 3.28. The first-order valence-electron chi connectivity index (χ1n) is 9.19. The summed E-state index contributed by atoms with van der Waals surface area (Å²) in [7, 11) is -3.61. The van der Waals surface area contributed by atoms with E-state index in [2.05, 4.69) is 4.98 Å². The lowest BCUT2D eigenvalue weighted by Gasteiger charge is -2.18. The van der Waals surface area contributed by atoms with Crippen LogP contribution in [0.5, 0.6) is 0 Å². The number of thioether (sulfide) groups is 1. The average molecular weight is 458 g/mol. The van der Waals surface area contributed by atoms with Gasteiger partial charge in [-0.3, -0.25) is 4.18 Å². The van der Waals surface area contributed by atoms with Crippen LogP contribution in [0.2, 0.25) is 0 Å². The van der Waals surface area contributed by atoms with Crippen LogP contribution in [0, 0.1) is 0 Å². The molecule has 2 aromatic carbocycles. The fourth-order valence-corrected chi connectivity index (χ4v) is 4.48. The van der Waals surface area contributed by atoms with Gasteiger partial charge in [0.25, 0.3) is 10.1 Å². The van der Waals surface area contributed by atoms with Crippen molar-refractivity contribution in [2.45, 2.75) is 24.3 Å². The third kappa shape index (κ3) is 5.39. The molecular weight excluding hydrogens is 435 g/mol. The molecule has 1 aromatic heterocycles. The second-order valence-corrected chi connectivity index (χ2v) is 9.51. The molecule has 0 fully saturated rings. The highest BCUT2D eigenvalue weighted by Gasteiger charge is 2.30. The molecule has 1 atom stereocenters. The summed E-state index contributed by atoms with van der Waals surface area (Å²) in [5, 5.41) is 0.964. The lowest BCUT2D eigenvalue weighted by Crippen LogP contribution is -2.10. The molecule has 0 amide bonds. The van der Waals surface area contributed by atoms with Crippen LogP contribution in [0.15, 0.2) is 48.7 Å². The number of benzene rings is 2. The molecule has 3 aromatic rings. The summed E-state index contributed by atoms with van der Waals surface area (Å²) in [6.07, 6.45) is 0.715. The van der Waals surface area contributed by atoms with Crippen LogP contribution in [-0.2, 0) is 26.2 Å². The van der Waals surface area contributed by atoms with E-state index in [4.69, 9.17) is 4.18 Å². The Morgan fingerprint density at radius 2 is 1.83 bits per heavy atom. The van der Waals surface area contributed by atoms with Crippen molar-refractivity contribution in [3.05, 3.63) is 70.9 Å². The predicted molar refractivity (Wildman–Crippen MR) is 114 cm³/mol. The molecule has 1 unspecified atom stereocenters. The molecule has 30 heavy (non-hydrogen) atoms. The Morgan fingerprint density at radius 1 is 1.13 bits per heavy atom. The monoisotopic (exact) mass is 457 g/mol. The topological polar surface area (TPSA) is 59.2 Å². The molecule has 4 nitrogen and oxygen atoms in total. The number of H-pyrrole nitrogens is 1. The fraction of sp³-hybridized carbons (Fsp3) is 0.333. The van der Waals surface area contributed by atoms with Crippen LogP contribution in [0.4, 0.5) is 13.2 Å². The van der Waals surface area contributed by atoms with Gasteiger partial charge in [-0.25, -0.2) is 0 Å². The Labute approximate surface area is 178 Å².